The summed E-state index contributed by atoms with van der Waals surface area (Å²) in [4.78, 5) is 11.8. The maximum atomic E-state index is 11.8. The first kappa shape index (κ1) is 15.5. The number of carbonyl (C=O) groups excluding carboxylic acids is 1. The molecule has 0 saturated heterocycles. The molecule has 0 spiro atoms. The highest BCUT2D eigenvalue weighted by atomic mass is 35.5. The zero-order chi connectivity index (χ0) is 16.1. The first-order valence-electron chi connectivity index (χ1n) is 7.40. The maximum absolute atomic E-state index is 11.8. The molecule has 1 aliphatic heterocycles. The molecule has 2 aromatic carbocycles. The largest absolute Gasteiger partial charge is 0.493 e. The van der Waals surface area contributed by atoms with Gasteiger partial charge in [0.05, 0.1) is 13.2 Å². The number of anilines is 1. The van der Waals surface area contributed by atoms with Crippen LogP contribution in [-0.4, -0.2) is 25.8 Å². The van der Waals surface area contributed by atoms with E-state index in [9.17, 15) is 4.79 Å². The van der Waals surface area contributed by atoms with Gasteiger partial charge in [-0.25, -0.2) is 4.79 Å². The standard InChI is InChI=1S/C17H17ClN2O3/c18-13-1-4-15(5-2-13)22-10-8-19-17(21)20-14-3-6-16-12(11-14)7-9-23-16/h1-6,11H,7-10H2,(H2,19,20,21). The summed E-state index contributed by atoms with van der Waals surface area (Å²) in [5, 5.41) is 6.21. The lowest BCUT2D eigenvalue weighted by Gasteiger charge is -2.10. The first-order chi connectivity index (χ1) is 11.2. The van der Waals surface area contributed by atoms with Crippen molar-refractivity contribution in [3.63, 3.8) is 0 Å². The van der Waals surface area contributed by atoms with E-state index in [4.69, 9.17) is 21.1 Å². The summed E-state index contributed by atoms with van der Waals surface area (Å²) in [5.41, 5.74) is 1.87. The van der Waals surface area contributed by atoms with E-state index in [-0.39, 0.29) is 6.03 Å². The number of nitrogens with one attached hydrogen (secondary N) is 2. The molecule has 3 rings (SSSR count). The number of hydrogen-bond donors (Lipinski definition) is 2. The van der Waals surface area contributed by atoms with E-state index >= 15 is 0 Å². The van der Waals surface area contributed by atoms with Crippen molar-refractivity contribution < 1.29 is 14.3 Å². The Morgan fingerprint density at radius 3 is 2.87 bits per heavy atom. The number of carbonyl (C=O) groups is 1. The quantitative estimate of drug-likeness (QED) is 0.824. The zero-order valence-corrected chi connectivity index (χ0v) is 13.2. The van der Waals surface area contributed by atoms with E-state index in [2.05, 4.69) is 10.6 Å². The van der Waals surface area contributed by atoms with Gasteiger partial charge < -0.3 is 20.1 Å². The van der Waals surface area contributed by atoms with Crippen LogP contribution < -0.4 is 20.1 Å². The van der Waals surface area contributed by atoms with E-state index in [1.165, 1.54) is 0 Å². The predicted molar refractivity (Wildman–Crippen MR) is 89.6 cm³/mol. The summed E-state index contributed by atoms with van der Waals surface area (Å²) in [7, 11) is 0. The normalized spacial score (nSPS) is 12.2. The number of hydrogen-bond acceptors (Lipinski definition) is 3. The van der Waals surface area contributed by atoms with Gasteiger partial charge in [0, 0.05) is 17.1 Å². The van der Waals surface area contributed by atoms with Gasteiger partial charge in [-0.2, -0.15) is 0 Å². The predicted octanol–water partition coefficient (Wildman–Crippen LogP) is 3.48. The van der Waals surface area contributed by atoms with Gasteiger partial charge in [-0.3, -0.25) is 0 Å². The topological polar surface area (TPSA) is 59.6 Å². The van der Waals surface area contributed by atoms with Crippen LogP contribution in [0.25, 0.3) is 0 Å². The molecule has 2 amide bonds. The Hall–Kier alpha value is -2.40. The van der Waals surface area contributed by atoms with Crippen molar-refractivity contribution in [3.05, 3.63) is 53.1 Å². The minimum Gasteiger partial charge on any atom is -0.493 e. The zero-order valence-electron chi connectivity index (χ0n) is 12.5. The summed E-state index contributed by atoms with van der Waals surface area (Å²) in [6.07, 6.45) is 0.876. The lowest BCUT2D eigenvalue weighted by atomic mass is 10.1. The van der Waals surface area contributed by atoms with Gasteiger partial charge in [-0.15, -0.1) is 0 Å². The third-order valence-electron chi connectivity index (χ3n) is 3.42. The van der Waals surface area contributed by atoms with E-state index in [0.29, 0.717) is 24.8 Å². The van der Waals surface area contributed by atoms with Crippen LogP contribution in [-0.2, 0) is 6.42 Å². The molecule has 2 aromatic rings. The van der Waals surface area contributed by atoms with Crippen molar-refractivity contribution in [2.45, 2.75) is 6.42 Å². The molecule has 0 aromatic heterocycles. The summed E-state index contributed by atoms with van der Waals surface area (Å²) >= 11 is 5.80. The Bertz CT molecular complexity index is 689. The summed E-state index contributed by atoms with van der Waals surface area (Å²) in [6.45, 7) is 1.49. The molecule has 23 heavy (non-hydrogen) atoms. The number of benzene rings is 2. The number of fused-ring (bicyclic) bond motifs is 1. The SMILES string of the molecule is O=C(NCCOc1ccc(Cl)cc1)Nc1ccc2c(c1)CCO2. The molecule has 0 unspecified atom stereocenters. The van der Waals surface area contributed by atoms with Crippen molar-refractivity contribution in [2.75, 3.05) is 25.1 Å². The molecule has 2 N–H and O–H groups in total. The number of rotatable bonds is 5. The van der Waals surface area contributed by atoms with Crippen molar-refractivity contribution in [1.82, 2.24) is 5.32 Å². The molecule has 1 heterocycles. The van der Waals surface area contributed by atoms with Crippen LogP contribution in [0.2, 0.25) is 5.02 Å². The summed E-state index contributed by atoms with van der Waals surface area (Å²) in [5.74, 6) is 1.61. The average Bonchev–Trinajstić information content (AvgIpc) is 3.01. The van der Waals surface area contributed by atoms with E-state index in [0.717, 1.165) is 29.2 Å². The Balaban J connectivity index is 1.40. The van der Waals surface area contributed by atoms with Gasteiger partial charge in [0.15, 0.2) is 0 Å². The fourth-order valence-corrected chi connectivity index (χ4v) is 2.43. The monoisotopic (exact) mass is 332 g/mol. The molecule has 0 fully saturated rings. The smallest absolute Gasteiger partial charge is 0.319 e. The third kappa shape index (κ3) is 4.29. The molecule has 0 bridgehead atoms. The van der Waals surface area contributed by atoms with Crippen molar-refractivity contribution in [1.29, 1.82) is 0 Å². The van der Waals surface area contributed by atoms with Gasteiger partial charge >= 0.3 is 6.03 Å². The Morgan fingerprint density at radius 2 is 2.04 bits per heavy atom. The van der Waals surface area contributed by atoms with Crippen LogP contribution in [0.3, 0.4) is 0 Å². The van der Waals surface area contributed by atoms with Crippen molar-refractivity contribution in [2.24, 2.45) is 0 Å². The highest BCUT2D eigenvalue weighted by molar-refractivity contribution is 6.30. The fourth-order valence-electron chi connectivity index (χ4n) is 2.30. The second-order valence-corrected chi connectivity index (χ2v) is 5.54. The van der Waals surface area contributed by atoms with Gasteiger partial charge in [-0.05, 0) is 48.0 Å². The van der Waals surface area contributed by atoms with Gasteiger partial charge in [0.2, 0.25) is 0 Å². The van der Waals surface area contributed by atoms with E-state index < -0.39 is 0 Å². The maximum Gasteiger partial charge on any atom is 0.319 e. The van der Waals surface area contributed by atoms with Crippen LogP contribution in [0, 0.1) is 0 Å². The molecule has 1 aliphatic rings. The number of halogens is 1. The van der Waals surface area contributed by atoms with Crippen LogP contribution in [0.1, 0.15) is 5.56 Å². The van der Waals surface area contributed by atoms with Crippen molar-refractivity contribution in [3.8, 4) is 11.5 Å². The van der Waals surface area contributed by atoms with Crippen LogP contribution >= 0.6 is 11.6 Å². The molecule has 0 saturated carbocycles. The second-order valence-electron chi connectivity index (χ2n) is 5.10. The summed E-state index contributed by atoms with van der Waals surface area (Å²) in [6, 6.07) is 12.5. The van der Waals surface area contributed by atoms with Crippen LogP contribution in [0.15, 0.2) is 42.5 Å². The van der Waals surface area contributed by atoms with Crippen LogP contribution in [0.5, 0.6) is 11.5 Å². The first-order valence-corrected chi connectivity index (χ1v) is 7.77. The van der Waals surface area contributed by atoms with E-state index in [1.807, 2.05) is 18.2 Å². The Labute approximate surface area is 139 Å². The minimum atomic E-state index is -0.261. The third-order valence-corrected chi connectivity index (χ3v) is 3.67. The molecule has 0 aliphatic carbocycles. The highest BCUT2D eigenvalue weighted by Crippen LogP contribution is 2.27. The van der Waals surface area contributed by atoms with Crippen LogP contribution in [0.4, 0.5) is 10.5 Å². The minimum absolute atomic E-state index is 0.261. The second kappa shape index (κ2) is 7.24. The lowest BCUT2D eigenvalue weighted by Crippen LogP contribution is -2.32. The van der Waals surface area contributed by atoms with Gasteiger partial charge in [0.1, 0.15) is 18.1 Å². The number of amides is 2. The number of ether oxygens (including phenoxy) is 2. The number of urea groups is 1. The van der Waals surface area contributed by atoms with Gasteiger partial charge in [-0.1, -0.05) is 11.6 Å². The molecular weight excluding hydrogens is 316 g/mol. The fraction of sp³-hybridized carbons (Fsp3) is 0.235. The molecule has 5 nitrogen and oxygen atoms in total. The molecule has 0 atom stereocenters. The Morgan fingerprint density at radius 1 is 1.22 bits per heavy atom. The van der Waals surface area contributed by atoms with Gasteiger partial charge in [0.25, 0.3) is 0 Å². The molecule has 6 heteroatoms. The molecule has 0 radical (unpaired) electrons. The summed E-state index contributed by atoms with van der Waals surface area (Å²) < 4.78 is 10.9. The van der Waals surface area contributed by atoms with E-state index in [1.54, 1.807) is 24.3 Å². The lowest BCUT2D eigenvalue weighted by molar-refractivity contribution is 0.247. The average molecular weight is 333 g/mol. The van der Waals surface area contributed by atoms with Crippen molar-refractivity contribution >= 4 is 23.3 Å². The molecular formula is C17H17ClN2O3. The molecule has 120 valence electrons. The Kier molecular flexibility index (Phi) is 4.88. The highest BCUT2D eigenvalue weighted by Gasteiger charge is 2.12.